The van der Waals surface area contributed by atoms with E-state index in [2.05, 4.69) is 18.7 Å². The van der Waals surface area contributed by atoms with Crippen LogP contribution in [0.5, 0.6) is 0 Å². The fourth-order valence-electron chi connectivity index (χ4n) is 2.35. The van der Waals surface area contributed by atoms with Crippen LogP contribution in [0, 0.1) is 5.41 Å². The first-order valence-electron chi connectivity index (χ1n) is 4.30. The van der Waals surface area contributed by atoms with Crippen molar-refractivity contribution in [3.05, 3.63) is 11.3 Å². The Hall–Kier alpha value is -0.500. The van der Waals surface area contributed by atoms with Gasteiger partial charge in [-0.2, -0.15) is 0 Å². The first-order valence-corrected chi connectivity index (χ1v) is 4.30. The zero-order valence-corrected chi connectivity index (χ0v) is 7.35. The van der Waals surface area contributed by atoms with Crippen molar-refractivity contribution < 1.29 is 0 Å². The predicted octanol–water partition coefficient (Wildman–Crippen LogP) is 0.945. The molecule has 0 aliphatic carbocycles. The highest BCUT2D eigenvalue weighted by Gasteiger charge is 2.40. The zero-order valence-electron chi connectivity index (χ0n) is 7.35. The Balaban J connectivity index is 2.39. The van der Waals surface area contributed by atoms with Crippen molar-refractivity contribution in [2.24, 2.45) is 11.1 Å². The third-order valence-electron chi connectivity index (χ3n) is 3.12. The molecule has 2 unspecified atom stereocenters. The smallest absolute Gasteiger partial charge is 0.0210 e. The molecule has 2 nitrogen and oxygen atoms in total. The van der Waals surface area contributed by atoms with Crippen molar-refractivity contribution >= 4 is 0 Å². The highest BCUT2D eigenvalue weighted by atomic mass is 15.2. The minimum absolute atomic E-state index is 0.308. The van der Waals surface area contributed by atoms with Gasteiger partial charge in [-0.1, -0.05) is 6.92 Å². The Kier molecular flexibility index (Phi) is 1.31. The summed E-state index contributed by atoms with van der Waals surface area (Å²) in [6.45, 7) is 7.95. The standard InChI is InChI=1S/C9H16N2/c1-7-5-11-4-3-9(2,6-11)8(7)10/h3-6,10H2,1-2H3. The number of rotatable bonds is 0. The molecular formula is C9H16N2. The van der Waals surface area contributed by atoms with Gasteiger partial charge in [0.2, 0.25) is 0 Å². The van der Waals surface area contributed by atoms with E-state index < -0.39 is 0 Å². The second-order valence-electron chi connectivity index (χ2n) is 4.22. The number of nitrogens with two attached hydrogens (primary N) is 1. The summed E-state index contributed by atoms with van der Waals surface area (Å²) in [5, 5.41) is 0. The minimum atomic E-state index is 0.308. The van der Waals surface area contributed by atoms with Gasteiger partial charge >= 0.3 is 0 Å². The summed E-state index contributed by atoms with van der Waals surface area (Å²) in [6.07, 6.45) is 1.25. The van der Waals surface area contributed by atoms with Crippen LogP contribution in [0.15, 0.2) is 11.3 Å². The lowest BCUT2D eigenvalue weighted by Crippen LogP contribution is -2.36. The van der Waals surface area contributed by atoms with Gasteiger partial charge in [0.05, 0.1) is 0 Å². The van der Waals surface area contributed by atoms with Crippen LogP contribution in [-0.4, -0.2) is 24.5 Å². The van der Waals surface area contributed by atoms with Gasteiger partial charge in [-0.15, -0.1) is 0 Å². The van der Waals surface area contributed by atoms with Gasteiger partial charge in [-0.3, -0.25) is 4.90 Å². The molecule has 2 aliphatic heterocycles. The number of hydrogen-bond donors (Lipinski definition) is 1. The van der Waals surface area contributed by atoms with Crippen LogP contribution in [0.4, 0.5) is 0 Å². The molecule has 0 aromatic heterocycles. The van der Waals surface area contributed by atoms with Crippen LogP contribution >= 0.6 is 0 Å². The van der Waals surface area contributed by atoms with Crippen molar-refractivity contribution in [3.8, 4) is 0 Å². The molecule has 1 fully saturated rings. The Morgan fingerprint density at radius 3 is 3.00 bits per heavy atom. The molecule has 0 spiro atoms. The summed E-state index contributed by atoms with van der Waals surface area (Å²) in [6, 6.07) is 0. The van der Waals surface area contributed by atoms with Crippen LogP contribution in [0.25, 0.3) is 0 Å². The van der Waals surface area contributed by atoms with Crippen LogP contribution in [0.3, 0.4) is 0 Å². The van der Waals surface area contributed by atoms with Crippen LogP contribution in [0.2, 0.25) is 0 Å². The van der Waals surface area contributed by atoms with Gasteiger partial charge in [-0.05, 0) is 25.5 Å². The van der Waals surface area contributed by atoms with Crippen molar-refractivity contribution in [2.45, 2.75) is 20.3 Å². The second kappa shape index (κ2) is 2.01. The molecule has 0 radical (unpaired) electrons. The SMILES string of the molecule is CC1=C(N)C2(C)CCN(C1)C2. The largest absolute Gasteiger partial charge is 0.402 e. The molecule has 0 amide bonds. The Bertz CT molecular complexity index is 220. The molecule has 62 valence electrons. The number of hydrogen-bond acceptors (Lipinski definition) is 2. The summed E-state index contributed by atoms with van der Waals surface area (Å²) >= 11 is 0. The van der Waals surface area contributed by atoms with E-state index in [1.165, 1.54) is 25.1 Å². The lowest BCUT2D eigenvalue weighted by Gasteiger charge is -2.32. The molecule has 2 aliphatic rings. The van der Waals surface area contributed by atoms with Gasteiger partial charge in [0.25, 0.3) is 0 Å². The van der Waals surface area contributed by atoms with E-state index in [4.69, 9.17) is 5.73 Å². The molecule has 11 heavy (non-hydrogen) atoms. The molecule has 2 heterocycles. The summed E-state index contributed by atoms with van der Waals surface area (Å²) in [4.78, 5) is 2.49. The van der Waals surface area contributed by atoms with Gasteiger partial charge in [0.1, 0.15) is 0 Å². The fourth-order valence-corrected chi connectivity index (χ4v) is 2.35. The lowest BCUT2D eigenvalue weighted by atomic mass is 9.83. The molecule has 2 N–H and O–H groups in total. The van der Waals surface area contributed by atoms with E-state index in [9.17, 15) is 0 Å². The average Bonchev–Trinajstić information content (AvgIpc) is 2.27. The van der Waals surface area contributed by atoms with Gasteiger partial charge in [0.15, 0.2) is 0 Å². The van der Waals surface area contributed by atoms with Crippen molar-refractivity contribution in [1.82, 2.24) is 4.90 Å². The van der Waals surface area contributed by atoms with Crippen molar-refractivity contribution in [3.63, 3.8) is 0 Å². The molecule has 0 saturated carbocycles. The van der Waals surface area contributed by atoms with E-state index in [-0.39, 0.29) is 0 Å². The lowest BCUT2D eigenvalue weighted by molar-refractivity contribution is 0.293. The maximum Gasteiger partial charge on any atom is 0.0210 e. The molecule has 0 aromatic rings. The maximum atomic E-state index is 6.05. The van der Waals surface area contributed by atoms with E-state index in [0.29, 0.717) is 5.41 Å². The van der Waals surface area contributed by atoms with Crippen LogP contribution in [-0.2, 0) is 0 Å². The zero-order chi connectivity index (χ0) is 8.06. The van der Waals surface area contributed by atoms with Crippen molar-refractivity contribution in [2.75, 3.05) is 19.6 Å². The summed E-state index contributed by atoms with van der Waals surface area (Å²) < 4.78 is 0. The highest BCUT2D eigenvalue weighted by molar-refractivity contribution is 5.24. The first kappa shape index (κ1) is 7.17. The third-order valence-corrected chi connectivity index (χ3v) is 3.12. The highest BCUT2D eigenvalue weighted by Crippen LogP contribution is 2.39. The molecule has 2 atom stereocenters. The quantitative estimate of drug-likeness (QED) is 0.560. The average molecular weight is 152 g/mol. The second-order valence-corrected chi connectivity index (χ2v) is 4.22. The Labute approximate surface area is 68.1 Å². The Morgan fingerprint density at radius 2 is 2.27 bits per heavy atom. The molecule has 0 aromatic carbocycles. The molecule has 2 rings (SSSR count). The number of fused-ring (bicyclic) bond motifs is 2. The van der Waals surface area contributed by atoms with Gasteiger partial charge in [-0.25, -0.2) is 0 Å². The topological polar surface area (TPSA) is 29.3 Å². The van der Waals surface area contributed by atoms with E-state index >= 15 is 0 Å². The Morgan fingerprint density at radius 1 is 1.55 bits per heavy atom. The fraction of sp³-hybridized carbons (Fsp3) is 0.778. The summed E-state index contributed by atoms with van der Waals surface area (Å²) in [5.74, 6) is 0. The normalized spacial score (nSPS) is 43.3. The molecule has 1 saturated heterocycles. The van der Waals surface area contributed by atoms with Crippen molar-refractivity contribution in [1.29, 1.82) is 0 Å². The molecule has 2 heteroatoms. The third kappa shape index (κ3) is 0.890. The van der Waals surface area contributed by atoms with E-state index in [1.807, 2.05) is 0 Å². The summed E-state index contributed by atoms with van der Waals surface area (Å²) in [5.41, 5.74) is 8.90. The summed E-state index contributed by atoms with van der Waals surface area (Å²) in [7, 11) is 0. The minimum Gasteiger partial charge on any atom is -0.402 e. The van der Waals surface area contributed by atoms with E-state index in [0.717, 1.165) is 12.2 Å². The maximum absolute atomic E-state index is 6.05. The number of nitrogens with zero attached hydrogens (tertiary/aromatic N) is 1. The molecule has 2 bridgehead atoms. The van der Waals surface area contributed by atoms with Gasteiger partial charge in [0, 0.05) is 24.2 Å². The van der Waals surface area contributed by atoms with Gasteiger partial charge < -0.3 is 5.73 Å². The molecular weight excluding hydrogens is 136 g/mol. The van der Waals surface area contributed by atoms with Crippen LogP contribution < -0.4 is 5.73 Å². The van der Waals surface area contributed by atoms with Crippen LogP contribution in [0.1, 0.15) is 20.3 Å². The first-order chi connectivity index (χ1) is 5.12. The monoisotopic (exact) mass is 152 g/mol. The predicted molar refractivity (Wildman–Crippen MR) is 46.1 cm³/mol. The van der Waals surface area contributed by atoms with E-state index in [1.54, 1.807) is 0 Å².